The fourth-order valence-corrected chi connectivity index (χ4v) is 4.22. The Morgan fingerprint density at radius 1 is 1.33 bits per heavy atom. The lowest BCUT2D eigenvalue weighted by Crippen LogP contribution is -2.48. The first-order valence-electron chi connectivity index (χ1n) is 8.86. The molecule has 0 radical (unpaired) electrons. The summed E-state index contributed by atoms with van der Waals surface area (Å²) in [6.45, 7) is 2.04. The molecular formula is C20H18BrN3O6. The maximum atomic E-state index is 13.8. The van der Waals surface area contributed by atoms with Crippen LogP contribution in [0.2, 0.25) is 0 Å². The monoisotopic (exact) mass is 475 g/mol. The van der Waals surface area contributed by atoms with Crippen LogP contribution in [-0.2, 0) is 34.0 Å². The Kier molecular flexibility index (Phi) is 5.59. The van der Waals surface area contributed by atoms with Gasteiger partial charge in [-0.15, -0.1) is 0 Å². The molecule has 1 unspecified atom stereocenters. The van der Waals surface area contributed by atoms with Crippen molar-refractivity contribution in [3.8, 4) is 6.07 Å². The topological polar surface area (TPSA) is 132 Å². The maximum Gasteiger partial charge on any atom is 0.339 e. The van der Waals surface area contributed by atoms with E-state index in [1.807, 2.05) is 6.07 Å². The maximum absolute atomic E-state index is 13.8. The molecule has 156 valence electrons. The van der Waals surface area contributed by atoms with Crippen LogP contribution >= 0.6 is 15.9 Å². The molecule has 3 rings (SSSR count). The van der Waals surface area contributed by atoms with Crippen molar-refractivity contribution in [2.45, 2.75) is 18.8 Å². The Labute approximate surface area is 180 Å². The summed E-state index contributed by atoms with van der Waals surface area (Å²) < 4.78 is 15.7. The molecule has 10 heteroatoms. The zero-order valence-corrected chi connectivity index (χ0v) is 18.0. The van der Waals surface area contributed by atoms with Gasteiger partial charge >= 0.3 is 11.9 Å². The van der Waals surface area contributed by atoms with E-state index in [1.54, 1.807) is 25.1 Å². The van der Waals surface area contributed by atoms with Crippen LogP contribution in [0.5, 0.6) is 0 Å². The number of nitriles is 1. The number of fused-ring (bicyclic) bond motifs is 2. The van der Waals surface area contributed by atoms with Crippen molar-refractivity contribution < 1.29 is 28.6 Å². The van der Waals surface area contributed by atoms with E-state index < -0.39 is 29.7 Å². The summed E-state index contributed by atoms with van der Waals surface area (Å²) in [4.78, 5) is 40.2. The van der Waals surface area contributed by atoms with Gasteiger partial charge in [-0.3, -0.25) is 9.59 Å². The summed E-state index contributed by atoms with van der Waals surface area (Å²) in [5.41, 5.74) is 4.43. The summed E-state index contributed by atoms with van der Waals surface area (Å²) in [6, 6.07) is 7.00. The number of halogens is 1. The molecule has 0 bridgehead atoms. The Morgan fingerprint density at radius 3 is 2.60 bits per heavy atom. The summed E-state index contributed by atoms with van der Waals surface area (Å²) in [5.74, 6) is -2.79. The average molecular weight is 476 g/mol. The molecule has 0 aliphatic carbocycles. The van der Waals surface area contributed by atoms with Gasteiger partial charge in [0.05, 0.1) is 14.2 Å². The minimum absolute atomic E-state index is 0.206. The second-order valence-corrected chi connectivity index (χ2v) is 7.37. The number of amides is 1. The first-order valence-corrected chi connectivity index (χ1v) is 9.66. The lowest BCUT2D eigenvalue weighted by molar-refractivity contribution is -0.141. The van der Waals surface area contributed by atoms with Crippen LogP contribution in [0.4, 0.5) is 5.69 Å². The predicted octanol–water partition coefficient (Wildman–Crippen LogP) is 1.77. The van der Waals surface area contributed by atoms with Crippen LogP contribution in [-0.4, -0.2) is 38.6 Å². The first kappa shape index (κ1) is 21.4. The van der Waals surface area contributed by atoms with Crippen molar-refractivity contribution in [3.63, 3.8) is 0 Å². The molecular weight excluding hydrogens is 458 g/mol. The van der Waals surface area contributed by atoms with Gasteiger partial charge in [0.25, 0.3) is 0 Å². The normalized spacial score (nSPS) is 20.1. The van der Waals surface area contributed by atoms with Crippen LogP contribution in [0.1, 0.15) is 18.9 Å². The van der Waals surface area contributed by atoms with Gasteiger partial charge in [0.15, 0.2) is 5.41 Å². The van der Waals surface area contributed by atoms with Gasteiger partial charge in [-0.25, -0.2) is 4.79 Å². The second kappa shape index (κ2) is 7.84. The minimum atomic E-state index is -1.91. The molecule has 1 atom stereocenters. The third kappa shape index (κ3) is 2.85. The lowest BCUT2D eigenvalue weighted by Gasteiger charge is -2.35. The largest absolute Gasteiger partial charge is 0.469 e. The van der Waals surface area contributed by atoms with E-state index in [2.05, 4.69) is 20.7 Å². The molecule has 1 amide bonds. The van der Waals surface area contributed by atoms with Crippen molar-refractivity contribution in [2.24, 2.45) is 5.73 Å². The molecule has 0 saturated carbocycles. The Morgan fingerprint density at radius 2 is 2.03 bits per heavy atom. The fraction of sp³-hybridized carbons (Fsp3) is 0.300. The molecule has 9 nitrogen and oxygen atoms in total. The van der Waals surface area contributed by atoms with Crippen LogP contribution in [0.25, 0.3) is 0 Å². The van der Waals surface area contributed by atoms with Crippen molar-refractivity contribution in [2.75, 3.05) is 25.7 Å². The van der Waals surface area contributed by atoms with Crippen LogP contribution in [0.15, 0.2) is 45.5 Å². The summed E-state index contributed by atoms with van der Waals surface area (Å²) >= 11 is 3.38. The molecule has 1 spiro atoms. The summed E-state index contributed by atoms with van der Waals surface area (Å²) in [7, 11) is 2.30. The number of esters is 2. The van der Waals surface area contributed by atoms with E-state index in [4.69, 9.17) is 15.2 Å². The van der Waals surface area contributed by atoms with Crippen LogP contribution in [0, 0.1) is 11.3 Å². The highest BCUT2D eigenvalue weighted by molar-refractivity contribution is 9.10. The summed E-state index contributed by atoms with van der Waals surface area (Å²) in [5, 5.41) is 9.93. The number of carbonyl (C=O) groups excluding carboxylic acids is 3. The molecule has 2 aliphatic heterocycles. The third-order valence-corrected chi connectivity index (χ3v) is 5.57. The van der Waals surface area contributed by atoms with E-state index in [9.17, 15) is 19.6 Å². The highest BCUT2D eigenvalue weighted by Crippen LogP contribution is 2.55. The molecule has 0 saturated heterocycles. The molecule has 1 aromatic carbocycles. The highest BCUT2D eigenvalue weighted by Gasteiger charge is 2.62. The SMILES string of the molecule is CCN1C(=O)C2(C(C#N)=C(N)OC(CC(=O)OC)=C2C(=O)OC)c2cc(Br)ccc21. The Hall–Kier alpha value is -3.32. The van der Waals surface area contributed by atoms with E-state index in [1.165, 1.54) is 12.0 Å². The van der Waals surface area contributed by atoms with Gasteiger partial charge in [0.1, 0.15) is 29.4 Å². The van der Waals surface area contributed by atoms with E-state index in [-0.39, 0.29) is 29.3 Å². The standard InChI is InChI=1S/C20H18BrN3O6/c1-4-24-13-6-5-10(21)7-11(13)20(19(24)27)12(9-22)17(23)30-14(8-15(25)28-2)16(20)18(26)29-3/h5-7H,4,8,23H2,1-3H3. The molecule has 1 aromatic rings. The van der Waals surface area contributed by atoms with Crippen molar-refractivity contribution in [3.05, 3.63) is 51.0 Å². The Balaban J connectivity index is 2.48. The van der Waals surface area contributed by atoms with Gasteiger partial charge in [-0.05, 0) is 25.1 Å². The van der Waals surface area contributed by atoms with Crippen molar-refractivity contribution in [1.29, 1.82) is 5.26 Å². The van der Waals surface area contributed by atoms with E-state index >= 15 is 0 Å². The quantitative estimate of drug-likeness (QED) is 0.651. The van der Waals surface area contributed by atoms with Gasteiger partial charge in [-0.2, -0.15) is 5.26 Å². The number of likely N-dealkylation sites (N-methyl/N-ethyl adjacent to an activating group) is 1. The van der Waals surface area contributed by atoms with E-state index in [0.717, 1.165) is 7.11 Å². The molecule has 0 fully saturated rings. The number of methoxy groups -OCH3 is 2. The third-order valence-electron chi connectivity index (χ3n) is 5.08. The minimum Gasteiger partial charge on any atom is -0.469 e. The highest BCUT2D eigenvalue weighted by atomic mass is 79.9. The fourth-order valence-electron chi connectivity index (χ4n) is 3.86. The number of nitrogens with two attached hydrogens (primary N) is 1. The van der Waals surface area contributed by atoms with Crippen molar-refractivity contribution >= 4 is 39.5 Å². The smallest absolute Gasteiger partial charge is 0.339 e. The van der Waals surface area contributed by atoms with Gasteiger partial charge in [0, 0.05) is 22.3 Å². The second-order valence-electron chi connectivity index (χ2n) is 6.46. The van der Waals surface area contributed by atoms with Crippen molar-refractivity contribution in [1.82, 2.24) is 0 Å². The number of hydrogen-bond donors (Lipinski definition) is 1. The van der Waals surface area contributed by atoms with Gasteiger partial charge < -0.3 is 24.8 Å². The number of benzene rings is 1. The van der Waals surface area contributed by atoms with Gasteiger partial charge in [-0.1, -0.05) is 15.9 Å². The molecule has 2 heterocycles. The molecule has 30 heavy (non-hydrogen) atoms. The van der Waals surface area contributed by atoms with Gasteiger partial charge in [0.2, 0.25) is 11.8 Å². The van der Waals surface area contributed by atoms with E-state index in [0.29, 0.717) is 15.7 Å². The molecule has 0 aromatic heterocycles. The number of nitrogens with zero attached hydrogens (tertiary/aromatic N) is 2. The summed E-state index contributed by atoms with van der Waals surface area (Å²) in [6.07, 6.45) is -0.481. The number of anilines is 1. The van der Waals surface area contributed by atoms with Crippen LogP contribution < -0.4 is 10.6 Å². The zero-order chi connectivity index (χ0) is 22.2. The number of carbonyl (C=O) groups is 3. The average Bonchev–Trinajstić information content (AvgIpc) is 2.95. The molecule has 2 N–H and O–H groups in total. The zero-order valence-electron chi connectivity index (χ0n) is 16.4. The molecule has 2 aliphatic rings. The predicted molar refractivity (Wildman–Crippen MR) is 107 cm³/mol. The Bertz CT molecular complexity index is 1070. The van der Waals surface area contributed by atoms with Crippen LogP contribution in [0.3, 0.4) is 0 Å². The number of hydrogen-bond acceptors (Lipinski definition) is 8. The number of ether oxygens (including phenoxy) is 3. The lowest BCUT2D eigenvalue weighted by atomic mass is 9.68. The first-order chi connectivity index (χ1) is 14.3. The number of rotatable bonds is 4.